The lowest BCUT2D eigenvalue weighted by molar-refractivity contribution is -0.120. The fourth-order valence-electron chi connectivity index (χ4n) is 3.09. The van der Waals surface area contributed by atoms with Crippen LogP contribution in [0.15, 0.2) is 42.5 Å². The number of para-hydroxylation sites is 1. The SMILES string of the molecule is CCc1cccc(CC)c1N(CC(=O)Nc1ccc(NC(C)=O)cc1)C(C)=O. The molecule has 0 spiro atoms. The van der Waals surface area contributed by atoms with Gasteiger partial charge in [0, 0.05) is 25.2 Å². The first-order valence-electron chi connectivity index (χ1n) is 9.42. The van der Waals surface area contributed by atoms with Gasteiger partial charge in [-0.3, -0.25) is 14.4 Å². The minimum absolute atomic E-state index is 0.0627. The highest BCUT2D eigenvalue weighted by atomic mass is 16.2. The van der Waals surface area contributed by atoms with Gasteiger partial charge in [0.1, 0.15) is 6.54 Å². The van der Waals surface area contributed by atoms with Gasteiger partial charge in [-0.25, -0.2) is 0 Å². The molecule has 0 aromatic heterocycles. The van der Waals surface area contributed by atoms with E-state index in [1.807, 2.05) is 32.0 Å². The smallest absolute Gasteiger partial charge is 0.244 e. The number of amides is 3. The van der Waals surface area contributed by atoms with Crippen molar-refractivity contribution in [2.24, 2.45) is 0 Å². The quantitative estimate of drug-likeness (QED) is 0.766. The second kappa shape index (κ2) is 9.69. The van der Waals surface area contributed by atoms with Gasteiger partial charge in [-0.1, -0.05) is 32.0 Å². The second-order valence-corrected chi connectivity index (χ2v) is 6.54. The molecule has 2 N–H and O–H groups in total. The topological polar surface area (TPSA) is 78.5 Å². The van der Waals surface area contributed by atoms with E-state index in [1.54, 1.807) is 29.2 Å². The van der Waals surface area contributed by atoms with Crippen molar-refractivity contribution in [2.45, 2.75) is 40.5 Å². The van der Waals surface area contributed by atoms with Gasteiger partial charge in [0.25, 0.3) is 0 Å². The zero-order valence-corrected chi connectivity index (χ0v) is 16.8. The molecule has 0 saturated heterocycles. The predicted octanol–water partition coefficient (Wildman–Crippen LogP) is 3.76. The van der Waals surface area contributed by atoms with Gasteiger partial charge in [-0.05, 0) is 48.2 Å². The molecule has 2 rings (SSSR count). The summed E-state index contributed by atoms with van der Waals surface area (Å²) in [7, 11) is 0. The van der Waals surface area contributed by atoms with Crippen molar-refractivity contribution >= 4 is 34.8 Å². The molecule has 0 aliphatic heterocycles. The molecule has 0 bridgehead atoms. The molecule has 148 valence electrons. The highest BCUT2D eigenvalue weighted by Gasteiger charge is 2.21. The Morgan fingerprint density at radius 2 is 1.32 bits per heavy atom. The van der Waals surface area contributed by atoms with Crippen LogP contribution in [0.5, 0.6) is 0 Å². The Labute approximate surface area is 165 Å². The average molecular weight is 381 g/mol. The van der Waals surface area contributed by atoms with Gasteiger partial charge < -0.3 is 15.5 Å². The van der Waals surface area contributed by atoms with Crippen molar-refractivity contribution in [1.29, 1.82) is 0 Å². The van der Waals surface area contributed by atoms with Crippen LogP contribution in [0.4, 0.5) is 17.1 Å². The van der Waals surface area contributed by atoms with Crippen LogP contribution in [0.25, 0.3) is 0 Å². The Morgan fingerprint density at radius 1 is 0.821 bits per heavy atom. The van der Waals surface area contributed by atoms with Crippen LogP contribution < -0.4 is 15.5 Å². The number of carbonyl (C=O) groups is 3. The lowest BCUT2D eigenvalue weighted by Gasteiger charge is -2.26. The highest BCUT2D eigenvalue weighted by molar-refractivity contribution is 6.02. The molecule has 0 aliphatic carbocycles. The minimum Gasteiger partial charge on any atom is -0.326 e. The molecule has 2 aromatic rings. The van der Waals surface area contributed by atoms with E-state index in [0.29, 0.717) is 11.4 Å². The van der Waals surface area contributed by atoms with E-state index >= 15 is 0 Å². The molecule has 0 fully saturated rings. The molecule has 6 heteroatoms. The molecular weight excluding hydrogens is 354 g/mol. The zero-order chi connectivity index (χ0) is 20.7. The normalized spacial score (nSPS) is 10.3. The molecule has 3 amide bonds. The summed E-state index contributed by atoms with van der Waals surface area (Å²) in [4.78, 5) is 37.5. The van der Waals surface area contributed by atoms with Gasteiger partial charge in [0.2, 0.25) is 17.7 Å². The van der Waals surface area contributed by atoms with Gasteiger partial charge in [-0.2, -0.15) is 0 Å². The van der Waals surface area contributed by atoms with Crippen molar-refractivity contribution < 1.29 is 14.4 Å². The molecule has 2 aromatic carbocycles. The van der Waals surface area contributed by atoms with E-state index in [0.717, 1.165) is 29.7 Å². The van der Waals surface area contributed by atoms with Crippen LogP contribution in [-0.2, 0) is 27.2 Å². The Kier molecular flexibility index (Phi) is 7.32. The number of aryl methyl sites for hydroxylation is 2. The van der Waals surface area contributed by atoms with Gasteiger partial charge in [0.05, 0.1) is 5.69 Å². The molecule has 0 atom stereocenters. The summed E-state index contributed by atoms with van der Waals surface area (Å²) >= 11 is 0. The first-order valence-corrected chi connectivity index (χ1v) is 9.42. The fraction of sp³-hybridized carbons (Fsp3) is 0.318. The summed E-state index contributed by atoms with van der Waals surface area (Å²) in [5, 5.41) is 5.48. The number of nitrogens with zero attached hydrogens (tertiary/aromatic N) is 1. The van der Waals surface area contributed by atoms with E-state index in [4.69, 9.17) is 0 Å². The Balaban J connectivity index is 2.18. The van der Waals surface area contributed by atoms with Gasteiger partial charge >= 0.3 is 0 Å². The van der Waals surface area contributed by atoms with Crippen LogP contribution in [0.3, 0.4) is 0 Å². The van der Waals surface area contributed by atoms with Crippen LogP contribution in [0.1, 0.15) is 38.8 Å². The Morgan fingerprint density at radius 3 is 1.75 bits per heavy atom. The third-order valence-corrected chi connectivity index (χ3v) is 4.41. The molecule has 6 nitrogen and oxygen atoms in total. The van der Waals surface area contributed by atoms with Crippen LogP contribution in [0, 0.1) is 0 Å². The molecular formula is C22H27N3O3. The number of nitrogens with one attached hydrogen (secondary N) is 2. The zero-order valence-electron chi connectivity index (χ0n) is 16.8. The van der Waals surface area contributed by atoms with Crippen LogP contribution >= 0.6 is 0 Å². The van der Waals surface area contributed by atoms with E-state index in [1.165, 1.54) is 13.8 Å². The number of hydrogen-bond acceptors (Lipinski definition) is 3. The van der Waals surface area contributed by atoms with Crippen LogP contribution in [-0.4, -0.2) is 24.3 Å². The first-order chi connectivity index (χ1) is 13.3. The third-order valence-electron chi connectivity index (χ3n) is 4.41. The summed E-state index contributed by atoms with van der Waals surface area (Å²) < 4.78 is 0. The summed E-state index contributed by atoms with van der Waals surface area (Å²) in [6.07, 6.45) is 1.55. The van der Waals surface area contributed by atoms with E-state index in [2.05, 4.69) is 10.6 Å². The maximum absolute atomic E-state index is 12.6. The van der Waals surface area contributed by atoms with Crippen molar-refractivity contribution in [3.8, 4) is 0 Å². The lowest BCUT2D eigenvalue weighted by Crippen LogP contribution is -2.37. The molecule has 0 saturated carbocycles. The largest absolute Gasteiger partial charge is 0.326 e. The monoisotopic (exact) mass is 381 g/mol. The number of benzene rings is 2. The van der Waals surface area contributed by atoms with E-state index in [-0.39, 0.29) is 24.3 Å². The van der Waals surface area contributed by atoms with Crippen molar-refractivity contribution in [3.63, 3.8) is 0 Å². The van der Waals surface area contributed by atoms with Gasteiger partial charge in [-0.15, -0.1) is 0 Å². The minimum atomic E-state index is -0.282. The molecule has 28 heavy (non-hydrogen) atoms. The van der Waals surface area contributed by atoms with Crippen molar-refractivity contribution in [2.75, 3.05) is 22.1 Å². The van der Waals surface area contributed by atoms with Crippen LogP contribution in [0.2, 0.25) is 0 Å². The first kappa shape index (κ1) is 21.2. The van der Waals surface area contributed by atoms with Gasteiger partial charge in [0.15, 0.2) is 0 Å². The lowest BCUT2D eigenvalue weighted by atomic mass is 10.0. The fourth-order valence-corrected chi connectivity index (χ4v) is 3.09. The molecule has 0 unspecified atom stereocenters. The standard InChI is InChI=1S/C22H27N3O3/c1-5-17-8-7-9-18(6-2)22(17)25(16(4)27)14-21(28)24-20-12-10-19(11-13-20)23-15(3)26/h7-13H,5-6,14H2,1-4H3,(H,23,26)(H,24,28). The molecule has 0 heterocycles. The Hall–Kier alpha value is -3.15. The Bertz CT molecular complexity index is 838. The maximum Gasteiger partial charge on any atom is 0.244 e. The molecule has 0 aliphatic rings. The van der Waals surface area contributed by atoms with Crippen molar-refractivity contribution in [3.05, 3.63) is 53.6 Å². The second-order valence-electron chi connectivity index (χ2n) is 6.54. The number of hydrogen-bond donors (Lipinski definition) is 2. The van der Waals surface area contributed by atoms with E-state index in [9.17, 15) is 14.4 Å². The third kappa shape index (κ3) is 5.42. The number of carbonyl (C=O) groups excluding carboxylic acids is 3. The highest BCUT2D eigenvalue weighted by Crippen LogP contribution is 2.27. The summed E-state index contributed by atoms with van der Waals surface area (Å²) in [6, 6.07) is 12.8. The predicted molar refractivity (Wildman–Crippen MR) is 113 cm³/mol. The number of anilines is 3. The number of rotatable bonds is 7. The molecule has 0 radical (unpaired) electrons. The summed E-state index contributed by atoms with van der Waals surface area (Å²) in [6.45, 7) is 6.92. The summed E-state index contributed by atoms with van der Waals surface area (Å²) in [5.41, 5.74) is 4.17. The van der Waals surface area contributed by atoms with E-state index < -0.39 is 0 Å². The average Bonchev–Trinajstić information content (AvgIpc) is 2.66. The maximum atomic E-state index is 12.6. The summed E-state index contributed by atoms with van der Waals surface area (Å²) in [5.74, 6) is -0.614. The van der Waals surface area contributed by atoms with Crippen molar-refractivity contribution in [1.82, 2.24) is 0 Å².